The quantitative estimate of drug-likeness (QED) is 0.0530. The van der Waals surface area contributed by atoms with Gasteiger partial charge < -0.3 is 14.0 Å². The van der Waals surface area contributed by atoms with Gasteiger partial charge in [0.05, 0.1) is 0 Å². The molecule has 0 saturated heterocycles. The normalized spacial score (nSPS) is 11.3. The highest BCUT2D eigenvalue weighted by atomic mass is 16.7. The molecular formula is C96H69BO3. The topological polar surface area (TPSA) is 27.7 Å². The molecule has 0 saturated carbocycles. The maximum absolute atomic E-state index is 8.27. The van der Waals surface area contributed by atoms with E-state index in [-0.39, 0.29) is 0 Å². The first-order valence-corrected chi connectivity index (χ1v) is 34.0. The minimum atomic E-state index is -1.58. The smallest absolute Gasteiger partial charge is 0.488 e. The van der Waals surface area contributed by atoms with Gasteiger partial charge >= 0.3 is 7.32 Å². The molecule has 0 aliphatic rings. The van der Waals surface area contributed by atoms with Gasteiger partial charge in [0.15, 0.2) is 0 Å². The Morgan fingerprint density at radius 3 is 0.540 bits per heavy atom. The van der Waals surface area contributed by atoms with Gasteiger partial charge in [0.1, 0.15) is 17.2 Å². The summed E-state index contributed by atoms with van der Waals surface area (Å²) in [7, 11) is -1.58. The highest BCUT2D eigenvalue weighted by Gasteiger charge is 2.39. The zero-order valence-corrected chi connectivity index (χ0v) is 55.1. The summed E-state index contributed by atoms with van der Waals surface area (Å²) < 4.78 is 24.8. The molecule has 3 nitrogen and oxygen atoms in total. The van der Waals surface area contributed by atoms with E-state index in [0.29, 0.717) is 17.2 Å². The van der Waals surface area contributed by atoms with Crippen LogP contribution in [-0.4, -0.2) is 7.32 Å². The molecule has 0 fully saturated rings. The average Bonchev–Trinajstić information content (AvgIpc) is 0.754. The summed E-state index contributed by atoms with van der Waals surface area (Å²) >= 11 is 0. The van der Waals surface area contributed by atoms with Gasteiger partial charge in [-0.3, -0.25) is 0 Å². The Morgan fingerprint density at radius 2 is 0.340 bits per heavy atom. The van der Waals surface area contributed by atoms with Crippen LogP contribution in [0.5, 0.6) is 17.2 Å². The molecule has 0 unspecified atom stereocenters. The largest absolute Gasteiger partial charge is 0.864 e. The first-order valence-electron chi connectivity index (χ1n) is 34.0. The van der Waals surface area contributed by atoms with Gasteiger partial charge in [-0.05, 0) is 102 Å². The van der Waals surface area contributed by atoms with Gasteiger partial charge in [-0.1, -0.05) is 400 Å². The second-order valence-electron chi connectivity index (χ2n) is 24.4. The fourth-order valence-electron chi connectivity index (χ4n) is 13.3. The van der Waals surface area contributed by atoms with Crippen molar-refractivity contribution in [3.8, 4) is 117 Å². The molecule has 100 heavy (non-hydrogen) atoms. The number of benzene rings is 15. The van der Waals surface area contributed by atoms with Crippen LogP contribution in [0.2, 0.25) is 0 Å². The highest BCUT2D eigenvalue weighted by molar-refractivity contribution is 6.40. The summed E-state index contributed by atoms with van der Waals surface area (Å²) in [6.07, 6.45) is 13.0. The molecule has 15 aromatic rings. The van der Waals surface area contributed by atoms with Crippen molar-refractivity contribution >= 4 is 43.8 Å². The Hall–Kier alpha value is -13.0. The Kier molecular flexibility index (Phi) is 19.2. The van der Waals surface area contributed by atoms with E-state index < -0.39 is 7.32 Å². The molecule has 0 atom stereocenters. The van der Waals surface area contributed by atoms with Crippen LogP contribution in [0.15, 0.2) is 382 Å². The van der Waals surface area contributed by atoms with Crippen LogP contribution in [0.25, 0.3) is 137 Å². The molecule has 0 amide bonds. The molecule has 0 aliphatic heterocycles. The zero-order valence-electron chi connectivity index (χ0n) is 55.1. The lowest BCUT2D eigenvalue weighted by molar-refractivity contribution is 0.308. The van der Waals surface area contributed by atoms with Crippen molar-refractivity contribution in [3.05, 3.63) is 416 Å². The average molecular weight is 1280 g/mol. The minimum absolute atomic E-state index is 0.542. The second kappa shape index (κ2) is 30.4. The van der Waals surface area contributed by atoms with Gasteiger partial charge in [-0.2, -0.15) is 0 Å². The third-order valence-electron chi connectivity index (χ3n) is 18.0. The number of rotatable bonds is 21. The molecule has 0 bridgehead atoms. The standard InChI is InChI=1S/C96H69BO3/c1-13-37-70(38-14-1)61-64-82-67-85(73-43-19-4-20-44-73)88(76-49-25-7-26-50-76)91(79-55-31-10-32-56-79)94(82)98-97(99-95-83(65-62-71-39-15-2-16-40-71)68-86(74-45-21-5-22-46-74)89(77-51-27-8-28-52-77)92(95)80-57-33-11-34-58-80)100-96-84(66-63-72-41-17-3-18-42-72)69-87(75-47-23-6-24-48-75)90(78-53-29-9-30-54-78)93(96)81-59-35-12-36-60-81/h1-69H/b64-61-,65-62-,66-63+. The third-order valence-corrected chi connectivity index (χ3v) is 18.0. The monoisotopic (exact) mass is 1280 g/mol. The van der Waals surface area contributed by atoms with Crippen LogP contribution in [0.1, 0.15) is 33.4 Å². The fourth-order valence-corrected chi connectivity index (χ4v) is 13.3. The maximum Gasteiger partial charge on any atom is 0.864 e. The van der Waals surface area contributed by atoms with Crippen LogP contribution in [0.4, 0.5) is 0 Å². The molecule has 0 N–H and O–H groups in total. The van der Waals surface area contributed by atoms with Crippen LogP contribution < -0.4 is 14.0 Å². The Morgan fingerprint density at radius 1 is 0.170 bits per heavy atom. The first-order chi connectivity index (χ1) is 49.6. The highest BCUT2D eigenvalue weighted by Crippen LogP contribution is 2.53. The van der Waals surface area contributed by atoms with Crippen molar-refractivity contribution in [1.82, 2.24) is 0 Å². The lowest BCUT2D eigenvalue weighted by atomic mass is 9.84. The summed E-state index contributed by atoms with van der Waals surface area (Å²) in [6.45, 7) is 0. The summed E-state index contributed by atoms with van der Waals surface area (Å²) in [4.78, 5) is 0. The molecule has 4 heteroatoms. The fraction of sp³-hybridized carbons (Fsp3) is 0. The van der Waals surface area contributed by atoms with E-state index in [1.54, 1.807) is 0 Å². The van der Waals surface area contributed by atoms with E-state index in [2.05, 4.69) is 400 Å². The lowest BCUT2D eigenvalue weighted by Crippen LogP contribution is -2.38. The van der Waals surface area contributed by atoms with E-state index >= 15 is 0 Å². The van der Waals surface area contributed by atoms with E-state index in [1.807, 2.05) is 18.2 Å². The summed E-state index contributed by atoms with van der Waals surface area (Å²) in [5.41, 5.74) is 23.0. The molecule has 0 aliphatic carbocycles. The van der Waals surface area contributed by atoms with Crippen LogP contribution in [0.3, 0.4) is 0 Å². The number of hydrogen-bond donors (Lipinski definition) is 0. The van der Waals surface area contributed by atoms with Crippen LogP contribution in [0, 0.1) is 0 Å². The maximum atomic E-state index is 8.27. The van der Waals surface area contributed by atoms with Gasteiger partial charge in [-0.25, -0.2) is 0 Å². The molecule has 0 radical (unpaired) electrons. The predicted octanol–water partition coefficient (Wildman–Crippen LogP) is 25.7. The molecule has 0 aromatic heterocycles. The predicted molar refractivity (Wildman–Crippen MR) is 422 cm³/mol. The lowest BCUT2D eigenvalue weighted by Gasteiger charge is -2.29. The van der Waals surface area contributed by atoms with Gasteiger partial charge in [0.25, 0.3) is 0 Å². The van der Waals surface area contributed by atoms with Crippen molar-refractivity contribution < 1.29 is 14.0 Å². The molecule has 15 rings (SSSR count). The molecule has 0 spiro atoms. The summed E-state index contributed by atoms with van der Waals surface area (Å²) in [6, 6.07) is 134. The Bertz CT molecular complexity index is 4760. The van der Waals surface area contributed by atoms with Crippen molar-refractivity contribution in [3.63, 3.8) is 0 Å². The van der Waals surface area contributed by atoms with Gasteiger partial charge in [-0.15, -0.1) is 0 Å². The van der Waals surface area contributed by atoms with Crippen molar-refractivity contribution in [2.75, 3.05) is 0 Å². The summed E-state index contributed by atoms with van der Waals surface area (Å²) in [5.74, 6) is 1.63. The van der Waals surface area contributed by atoms with Gasteiger partial charge in [0.2, 0.25) is 0 Å². The Labute approximate surface area is 587 Å². The summed E-state index contributed by atoms with van der Waals surface area (Å²) in [5, 5.41) is 0. The van der Waals surface area contributed by atoms with Crippen molar-refractivity contribution in [1.29, 1.82) is 0 Å². The zero-order chi connectivity index (χ0) is 67.1. The van der Waals surface area contributed by atoms with Crippen molar-refractivity contribution in [2.45, 2.75) is 0 Å². The van der Waals surface area contributed by atoms with Crippen molar-refractivity contribution in [2.24, 2.45) is 0 Å². The molecule has 474 valence electrons. The third kappa shape index (κ3) is 14.1. The van der Waals surface area contributed by atoms with Crippen LogP contribution >= 0.6 is 0 Å². The van der Waals surface area contributed by atoms with E-state index in [9.17, 15) is 0 Å². The SMILES string of the molecule is C(=C/c1cc(-c2ccccc2)c(-c2ccccc2)c(-c2ccccc2)c1OB(Oc1c(/C=C\c2ccccc2)cc(-c2ccccc2)c(-c2ccccc2)c1-c1ccccc1)Oc1c(/C=C/c2ccccc2)cc(-c2ccccc2)c(-c2ccccc2)c1-c1ccccc1)/c1ccccc1. The van der Waals surface area contributed by atoms with E-state index in [4.69, 9.17) is 14.0 Å². The number of hydrogen-bond acceptors (Lipinski definition) is 3. The van der Waals surface area contributed by atoms with E-state index in [0.717, 1.165) is 134 Å². The minimum Gasteiger partial charge on any atom is -0.488 e. The van der Waals surface area contributed by atoms with Crippen LogP contribution in [-0.2, 0) is 0 Å². The molecule has 15 aromatic carbocycles. The molecule has 0 heterocycles. The van der Waals surface area contributed by atoms with Gasteiger partial charge in [0, 0.05) is 50.1 Å². The first kappa shape index (κ1) is 63.1. The molecular weight excluding hydrogens is 1210 g/mol. The Balaban J connectivity index is 1.10. The second-order valence-corrected chi connectivity index (χ2v) is 24.4. The van der Waals surface area contributed by atoms with E-state index in [1.165, 1.54) is 0 Å².